The van der Waals surface area contributed by atoms with E-state index < -0.39 is 44.4 Å². The minimum Gasteiger partial charge on any atom is -0.403 e. The van der Waals surface area contributed by atoms with Gasteiger partial charge in [0.05, 0.1) is 11.6 Å². The van der Waals surface area contributed by atoms with E-state index in [0.717, 1.165) is 16.3 Å². The largest absolute Gasteiger partial charge is 0.530 e. The molecule has 1 saturated heterocycles. The van der Waals surface area contributed by atoms with Crippen molar-refractivity contribution in [2.24, 2.45) is 0 Å². The Balaban J connectivity index is 1.53. The fourth-order valence-corrected chi connectivity index (χ4v) is 5.13. The first kappa shape index (κ1) is 23.5. The number of ether oxygens (including phenoxy) is 1. The van der Waals surface area contributed by atoms with Gasteiger partial charge in [0.2, 0.25) is 0 Å². The van der Waals surface area contributed by atoms with Gasteiger partial charge in [-0.2, -0.15) is 0 Å². The van der Waals surface area contributed by atoms with Crippen LogP contribution < -0.4 is 10.2 Å². The van der Waals surface area contributed by atoms with E-state index in [1.54, 1.807) is 13.0 Å². The van der Waals surface area contributed by atoms with E-state index in [-0.39, 0.29) is 16.3 Å². The van der Waals surface area contributed by atoms with Crippen molar-refractivity contribution in [1.82, 2.24) is 9.55 Å². The minimum atomic E-state index is -4.27. The zero-order valence-electron chi connectivity index (χ0n) is 16.8. The van der Waals surface area contributed by atoms with Crippen LogP contribution in [-0.4, -0.2) is 44.4 Å². The molecule has 3 heterocycles. The van der Waals surface area contributed by atoms with E-state index in [1.807, 2.05) is 13.0 Å². The average molecular weight is 509 g/mol. The molecule has 1 fully saturated rings. The number of halogens is 2. The lowest BCUT2D eigenvalue weighted by molar-refractivity contribution is -0.205. The van der Waals surface area contributed by atoms with Crippen molar-refractivity contribution in [2.45, 2.75) is 44.7 Å². The van der Waals surface area contributed by atoms with Crippen LogP contribution in [0.2, 0.25) is 5.02 Å². The number of nitrogens with zero attached hydrogens (tertiary/aromatic N) is 1. The minimum absolute atomic E-state index is 0.0600. The van der Waals surface area contributed by atoms with Crippen LogP contribution in [0.4, 0.5) is 4.39 Å². The molecule has 1 aromatic carbocycles. The number of hydrogen-bond donors (Lipinski definition) is 3. The summed E-state index contributed by atoms with van der Waals surface area (Å²) >= 11 is 10.7. The van der Waals surface area contributed by atoms with Gasteiger partial charge in [-0.1, -0.05) is 41.5 Å². The van der Waals surface area contributed by atoms with E-state index in [2.05, 4.69) is 4.98 Å². The van der Waals surface area contributed by atoms with Gasteiger partial charge >= 0.3 is 13.5 Å². The van der Waals surface area contributed by atoms with Crippen LogP contribution in [0.3, 0.4) is 0 Å². The van der Waals surface area contributed by atoms with Gasteiger partial charge < -0.3 is 19.5 Å². The number of benzene rings is 1. The Morgan fingerprint density at radius 1 is 1.44 bits per heavy atom. The molecule has 0 saturated carbocycles. The van der Waals surface area contributed by atoms with Crippen LogP contribution in [0.5, 0.6) is 5.75 Å². The summed E-state index contributed by atoms with van der Waals surface area (Å²) in [5, 5.41) is 20.4. The van der Waals surface area contributed by atoms with Crippen molar-refractivity contribution in [2.75, 3.05) is 6.61 Å². The average Bonchev–Trinajstić information content (AvgIpc) is 2.95. The second-order valence-electron chi connectivity index (χ2n) is 7.53. The van der Waals surface area contributed by atoms with Crippen molar-refractivity contribution in [3.63, 3.8) is 0 Å². The van der Waals surface area contributed by atoms with Crippen molar-refractivity contribution in [3.8, 4) is 5.75 Å². The number of rotatable bonds is 4. The van der Waals surface area contributed by atoms with Gasteiger partial charge in [0.25, 0.3) is 5.85 Å². The molecule has 0 amide bonds. The highest BCUT2D eigenvalue weighted by Gasteiger charge is 2.57. The lowest BCUT2D eigenvalue weighted by Gasteiger charge is -2.29. The second kappa shape index (κ2) is 8.30. The maximum absolute atomic E-state index is 15.4. The number of phosphoric ester groups is 1. The normalized spacial score (nSPS) is 31.9. The van der Waals surface area contributed by atoms with Crippen molar-refractivity contribution in [1.29, 1.82) is 0 Å². The molecule has 10 nitrogen and oxygen atoms in total. The molecule has 32 heavy (non-hydrogen) atoms. The standard InChI is InChI=1S/C18H19ClFN2O8PS/c1-8-3-9(2)13-10(4-8)6-27-31(26,30-13)28-7-18(20)14(24)12(23)16(29-18)22-5-11(19)15(32)21-17(22)25/h3-5,12,14,16,23-24H,6-7H2,1-2H3,(H,21,25,32)/t12-,14+,16-,18-,31?/m1/s1. The first-order chi connectivity index (χ1) is 14.9. The number of aliphatic hydroxyl groups is 2. The van der Waals surface area contributed by atoms with E-state index in [9.17, 15) is 19.6 Å². The van der Waals surface area contributed by atoms with Gasteiger partial charge in [-0.25, -0.2) is 13.8 Å². The maximum Gasteiger partial charge on any atom is 0.530 e. The number of aromatic amines is 1. The van der Waals surface area contributed by atoms with E-state index in [0.29, 0.717) is 16.9 Å². The molecule has 0 bridgehead atoms. The highest BCUT2D eigenvalue weighted by atomic mass is 35.5. The van der Waals surface area contributed by atoms with Gasteiger partial charge in [-0.3, -0.25) is 18.6 Å². The van der Waals surface area contributed by atoms with Gasteiger partial charge in [0.1, 0.15) is 29.2 Å². The van der Waals surface area contributed by atoms with E-state index in [4.69, 9.17) is 42.1 Å². The molecule has 2 aliphatic rings. The zero-order valence-corrected chi connectivity index (χ0v) is 19.2. The maximum atomic E-state index is 15.4. The molecule has 174 valence electrons. The van der Waals surface area contributed by atoms with Crippen LogP contribution in [0.25, 0.3) is 0 Å². The van der Waals surface area contributed by atoms with Crippen LogP contribution in [0.15, 0.2) is 23.1 Å². The number of phosphoric acid groups is 1. The smallest absolute Gasteiger partial charge is 0.403 e. The molecule has 4 rings (SSSR count). The predicted molar refractivity (Wildman–Crippen MR) is 112 cm³/mol. The predicted octanol–water partition coefficient (Wildman–Crippen LogP) is 2.83. The number of nitrogens with one attached hydrogen (secondary N) is 1. The Bertz CT molecular complexity index is 1240. The fraction of sp³-hybridized carbons (Fsp3) is 0.444. The Labute approximate surface area is 191 Å². The van der Waals surface area contributed by atoms with Gasteiger partial charge in [-0.05, 0) is 19.4 Å². The topological polar surface area (TPSA) is 132 Å². The number of H-pyrrole nitrogens is 1. The molecule has 5 atom stereocenters. The van der Waals surface area contributed by atoms with Crippen LogP contribution in [0, 0.1) is 18.5 Å². The molecule has 1 unspecified atom stereocenters. The number of aromatic nitrogens is 2. The number of aryl methyl sites for hydroxylation is 2. The lowest BCUT2D eigenvalue weighted by Crippen LogP contribution is -2.43. The summed E-state index contributed by atoms with van der Waals surface area (Å²) in [6, 6.07) is 3.60. The molecule has 2 aliphatic heterocycles. The van der Waals surface area contributed by atoms with Crippen molar-refractivity contribution < 1.29 is 37.5 Å². The monoisotopic (exact) mass is 508 g/mol. The second-order valence-corrected chi connectivity index (χ2v) is 9.94. The molecule has 3 N–H and O–H groups in total. The molecular weight excluding hydrogens is 490 g/mol. The summed E-state index contributed by atoms with van der Waals surface area (Å²) in [6.07, 6.45) is -4.68. The summed E-state index contributed by atoms with van der Waals surface area (Å²) in [6.45, 7) is 2.41. The zero-order chi connectivity index (χ0) is 23.4. The van der Waals surface area contributed by atoms with Gasteiger partial charge in [0, 0.05) is 11.8 Å². The number of hydrogen-bond acceptors (Lipinski definition) is 9. The fourth-order valence-electron chi connectivity index (χ4n) is 3.54. The Morgan fingerprint density at radius 2 is 2.16 bits per heavy atom. The summed E-state index contributed by atoms with van der Waals surface area (Å²) in [5.41, 5.74) is 1.44. The number of aliphatic hydroxyl groups excluding tert-OH is 2. The third kappa shape index (κ3) is 4.17. The molecule has 1 aromatic heterocycles. The summed E-state index contributed by atoms with van der Waals surface area (Å²) < 4.78 is 49.7. The van der Waals surface area contributed by atoms with Crippen LogP contribution in [-0.2, 0) is 25.0 Å². The highest BCUT2D eigenvalue weighted by Crippen LogP contribution is 2.56. The number of fused-ring (bicyclic) bond motifs is 1. The molecular formula is C18H19ClFN2O8PS. The first-order valence-corrected chi connectivity index (χ1v) is 11.6. The lowest BCUT2D eigenvalue weighted by atomic mass is 10.1. The first-order valence-electron chi connectivity index (χ1n) is 9.35. The summed E-state index contributed by atoms with van der Waals surface area (Å²) in [4.78, 5) is 14.4. The molecule has 2 aromatic rings. The van der Waals surface area contributed by atoms with E-state index in [1.165, 1.54) is 0 Å². The number of alkyl halides is 1. The summed E-state index contributed by atoms with van der Waals surface area (Å²) in [5.74, 6) is -2.75. The molecule has 0 radical (unpaired) electrons. The SMILES string of the molecule is Cc1cc(C)c2c(c1)COP(=O)(OC[C@@]1(F)O[C@@H](n3cc(Cl)c(=S)[nH]c3=O)[C@H](O)[C@@H]1O)O2. The third-order valence-electron chi connectivity index (χ3n) is 5.07. The van der Waals surface area contributed by atoms with Gasteiger partial charge in [0.15, 0.2) is 6.23 Å². The van der Waals surface area contributed by atoms with Crippen molar-refractivity contribution in [3.05, 3.63) is 55.2 Å². The Morgan fingerprint density at radius 3 is 2.88 bits per heavy atom. The van der Waals surface area contributed by atoms with Crippen molar-refractivity contribution >= 4 is 31.6 Å². The summed E-state index contributed by atoms with van der Waals surface area (Å²) in [7, 11) is -4.27. The van der Waals surface area contributed by atoms with Crippen LogP contribution >= 0.6 is 31.6 Å². The molecule has 14 heteroatoms. The Hall–Kier alpha value is -1.63. The van der Waals surface area contributed by atoms with E-state index >= 15 is 4.39 Å². The molecule has 0 aliphatic carbocycles. The quantitative estimate of drug-likeness (QED) is 0.421. The molecule has 0 spiro atoms. The van der Waals surface area contributed by atoms with Gasteiger partial charge in [-0.15, -0.1) is 0 Å². The Kier molecular flexibility index (Phi) is 6.10. The van der Waals surface area contributed by atoms with Crippen LogP contribution in [0.1, 0.15) is 22.9 Å². The highest BCUT2D eigenvalue weighted by molar-refractivity contribution is 7.71. The third-order valence-corrected chi connectivity index (χ3v) is 7.09.